The van der Waals surface area contributed by atoms with Crippen molar-refractivity contribution >= 4 is 22.5 Å². The van der Waals surface area contributed by atoms with Crippen molar-refractivity contribution in [2.45, 2.75) is 31.0 Å². The van der Waals surface area contributed by atoms with Crippen molar-refractivity contribution in [1.82, 2.24) is 25.0 Å². The lowest BCUT2D eigenvalue weighted by molar-refractivity contribution is -0.149. The minimum atomic E-state index is -4.49. The molecule has 0 spiro atoms. The minimum Gasteiger partial charge on any atom is -0.324 e. The predicted molar refractivity (Wildman–Crippen MR) is 111 cm³/mol. The van der Waals surface area contributed by atoms with E-state index in [4.69, 9.17) is 5.73 Å². The van der Waals surface area contributed by atoms with Crippen LogP contribution in [0.15, 0.2) is 42.6 Å². The molecule has 0 radical (unpaired) electrons. The molecule has 1 aliphatic rings. The predicted octanol–water partition coefficient (Wildman–Crippen LogP) is 4.54. The highest BCUT2D eigenvalue weighted by Crippen LogP contribution is 2.47. The molecular formula is C21H20F3N7. The average Bonchev–Trinajstić information content (AvgIpc) is 3.35. The molecule has 2 heterocycles. The number of aryl methyl sites for hydroxylation is 1. The SMILES string of the molecule is Cn1nc(-c2ccc(C(N)C(F)(F)F)cc2)nc1Nc1ccc2[nH]ncc2c1C1CC1. The molecule has 4 N–H and O–H groups in total. The number of aromatic amines is 1. The molecule has 0 bridgehead atoms. The van der Waals surface area contributed by atoms with Gasteiger partial charge in [0.05, 0.1) is 11.7 Å². The number of nitrogens with zero attached hydrogens (tertiary/aromatic N) is 4. The maximum Gasteiger partial charge on any atom is 0.407 e. The molecule has 160 valence electrons. The Balaban J connectivity index is 1.43. The van der Waals surface area contributed by atoms with Gasteiger partial charge in [0.1, 0.15) is 6.04 Å². The van der Waals surface area contributed by atoms with Gasteiger partial charge in [-0.05, 0) is 42.0 Å². The number of aromatic nitrogens is 5. The van der Waals surface area contributed by atoms with Crippen LogP contribution in [0.25, 0.3) is 22.3 Å². The number of anilines is 2. The van der Waals surface area contributed by atoms with Gasteiger partial charge < -0.3 is 11.1 Å². The largest absolute Gasteiger partial charge is 0.407 e. The van der Waals surface area contributed by atoms with Gasteiger partial charge in [0.25, 0.3) is 0 Å². The Labute approximate surface area is 175 Å². The van der Waals surface area contributed by atoms with E-state index in [1.807, 2.05) is 18.3 Å². The van der Waals surface area contributed by atoms with Crippen LogP contribution in [0.5, 0.6) is 0 Å². The van der Waals surface area contributed by atoms with E-state index in [1.54, 1.807) is 23.9 Å². The van der Waals surface area contributed by atoms with E-state index in [0.717, 1.165) is 29.4 Å². The molecule has 2 aromatic heterocycles. The molecule has 1 aliphatic carbocycles. The summed E-state index contributed by atoms with van der Waals surface area (Å²) < 4.78 is 40.1. The highest BCUT2D eigenvalue weighted by molar-refractivity contribution is 5.89. The third-order valence-electron chi connectivity index (χ3n) is 5.54. The van der Waals surface area contributed by atoms with Crippen LogP contribution in [0, 0.1) is 0 Å². The van der Waals surface area contributed by atoms with E-state index in [0.29, 0.717) is 23.3 Å². The van der Waals surface area contributed by atoms with E-state index in [2.05, 4.69) is 25.6 Å². The number of benzene rings is 2. The standard InChI is InChI=1S/C21H20F3N7/c1-31-20(27-16-9-8-15-14(10-26-29-15)17(16)11-2-3-11)28-19(30-31)13-6-4-12(5-7-13)18(25)21(22,23)24/h4-11,18H,2-3,25H2,1H3,(H,26,29)(H,27,28,30). The Morgan fingerprint density at radius 1 is 1.16 bits per heavy atom. The summed E-state index contributed by atoms with van der Waals surface area (Å²) in [6.45, 7) is 0. The zero-order valence-corrected chi connectivity index (χ0v) is 16.6. The maximum absolute atomic E-state index is 12.8. The second-order valence-electron chi connectivity index (χ2n) is 7.78. The van der Waals surface area contributed by atoms with Crippen molar-refractivity contribution in [3.8, 4) is 11.4 Å². The summed E-state index contributed by atoms with van der Waals surface area (Å²) in [4.78, 5) is 4.55. The molecule has 0 aliphatic heterocycles. The Bertz CT molecular complexity index is 1240. The quantitative estimate of drug-likeness (QED) is 0.434. The number of halogens is 3. The van der Waals surface area contributed by atoms with Crippen LogP contribution in [0.3, 0.4) is 0 Å². The Kier molecular flexibility index (Phi) is 4.47. The summed E-state index contributed by atoms with van der Waals surface area (Å²) in [6, 6.07) is 7.76. The fourth-order valence-corrected chi connectivity index (χ4v) is 3.72. The highest BCUT2D eigenvalue weighted by Gasteiger charge is 2.37. The van der Waals surface area contributed by atoms with Crippen LogP contribution in [0.1, 0.15) is 35.9 Å². The van der Waals surface area contributed by atoms with Crippen molar-refractivity contribution in [2.24, 2.45) is 12.8 Å². The molecule has 1 atom stereocenters. The van der Waals surface area contributed by atoms with Gasteiger partial charge >= 0.3 is 6.18 Å². The van der Waals surface area contributed by atoms with Gasteiger partial charge in [-0.2, -0.15) is 23.3 Å². The number of alkyl halides is 3. The fourth-order valence-electron chi connectivity index (χ4n) is 3.72. The topological polar surface area (TPSA) is 97.4 Å². The minimum absolute atomic E-state index is 0.00646. The number of rotatable bonds is 5. The maximum atomic E-state index is 12.8. The first-order valence-electron chi connectivity index (χ1n) is 9.88. The first kappa shape index (κ1) is 19.6. The zero-order chi connectivity index (χ0) is 21.8. The lowest BCUT2D eigenvalue weighted by Crippen LogP contribution is -2.28. The van der Waals surface area contributed by atoms with Crippen LogP contribution >= 0.6 is 0 Å². The molecule has 7 nitrogen and oxygen atoms in total. The van der Waals surface area contributed by atoms with Crippen LogP contribution in [-0.2, 0) is 7.05 Å². The van der Waals surface area contributed by atoms with Crippen molar-refractivity contribution in [1.29, 1.82) is 0 Å². The van der Waals surface area contributed by atoms with Gasteiger partial charge in [-0.15, -0.1) is 5.10 Å². The molecule has 5 rings (SSSR count). The Morgan fingerprint density at radius 3 is 2.58 bits per heavy atom. The number of H-pyrrole nitrogens is 1. The van der Waals surface area contributed by atoms with Gasteiger partial charge in [-0.25, -0.2) is 4.68 Å². The third kappa shape index (κ3) is 3.63. The van der Waals surface area contributed by atoms with Crippen molar-refractivity contribution in [3.63, 3.8) is 0 Å². The van der Waals surface area contributed by atoms with Crippen LogP contribution in [0.2, 0.25) is 0 Å². The lowest BCUT2D eigenvalue weighted by Gasteiger charge is -2.15. The van der Waals surface area contributed by atoms with Gasteiger partial charge in [0.2, 0.25) is 5.95 Å². The monoisotopic (exact) mass is 427 g/mol. The molecule has 10 heteroatoms. The molecule has 1 fully saturated rings. The summed E-state index contributed by atoms with van der Waals surface area (Å²) in [5.41, 5.74) is 9.02. The fraction of sp³-hybridized carbons (Fsp3) is 0.286. The number of hydrogen-bond acceptors (Lipinski definition) is 5. The number of hydrogen-bond donors (Lipinski definition) is 3. The molecule has 31 heavy (non-hydrogen) atoms. The van der Waals surface area contributed by atoms with E-state index in [1.165, 1.54) is 17.7 Å². The molecule has 0 saturated heterocycles. The Hall–Kier alpha value is -3.40. The lowest BCUT2D eigenvalue weighted by atomic mass is 10.0. The van der Waals surface area contributed by atoms with Crippen molar-refractivity contribution < 1.29 is 13.2 Å². The first-order valence-corrected chi connectivity index (χ1v) is 9.88. The molecule has 0 amide bonds. The molecule has 1 saturated carbocycles. The van der Waals surface area contributed by atoms with E-state index < -0.39 is 12.2 Å². The summed E-state index contributed by atoms with van der Waals surface area (Å²) in [5.74, 6) is 1.44. The summed E-state index contributed by atoms with van der Waals surface area (Å²) in [7, 11) is 1.76. The number of nitrogens with one attached hydrogen (secondary N) is 2. The molecule has 1 unspecified atom stereocenters. The highest BCUT2D eigenvalue weighted by atomic mass is 19.4. The van der Waals surface area contributed by atoms with Crippen LogP contribution < -0.4 is 11.1 Å². The summed E-state index contributed by atoms with van der Waals surface area (Å²) in [5, 5.41) is 16.0. The smallest absolute Gasteiger partial charge is 0.324 e. The molecular weight excluding hydrogens is 407 g/mol. The van der Waals surface area contributed by atoms with Crippen molar-refractivity contribution in [3.05, 3.63) is 53.7 Å². The zero-order valence-electron chi connectivity index (χ0n) is 16.6. The van der Waals surface area contributed by atoms with E-state index in [9.17, 15) is 13.2 Å². The first-order chi connectivity index (χ1) is 14.8. The number of nitrogens with two attached hydrogens (primary N) is 1. The van der Waals surface area contributed by atoms with Gasteiger partial charge in [-0.3, -0.25) is 5.10 Å². The van der Waals surface area contributed by atoms with Crippen molar-refractivity contribution in [2.75, 3.05) is 5.32 Å². The van der Waals surface area contributed by atoms with Crippen LogP contribution in [-0.4, -0.2) is 31.1 Å². The second-order valence-corrected chi connectivity index (χ2v) is 7.78. The van der Waals surface area contributed by atoms with E-state index >= 15 is 0 Å². The Morgan fingerprint density at radius 2 is 1.90 bits per heavy atom. The van der Waals surface area contributed by atoms with Gasteiger partial charge in [0.15, 0.2) is 5.82 Å². The third-order valence-corrected chi connectivity index (χ3v) is 5.54. The molecule has 2 aromatic carbocycles. The second kappa shape index (κ2) is 7.09. The van der Waals surface area contributed by atoms with Crippen LogP contribution in [0.4, 0.5) is 24.8 Å². The van der Waals surface area contributed by atoms with Gasteiger partial charge in [0, 0.05) is 23.7 Å². The molecule has 4 aromatic rings. The normalized spacial score (nSPS) is 15.4. The van der Waals surface area contributed by atoms with E-state index in [-0.39, 0.29) is 5.56 Å². The summed E-state index contributed by atoms with van der Waals surface area (Å²) in [6.07, 6.45) is -0.383. The number of fused-ring (bicyclic) bond motifs is 1. The average molecular weight is 427 g/mol. The van der Waals surface area contributed by atoms with Gasteiger partial charge in [-0.1, -0.05) is 24.3 Å². The summed E-state index contributed by atoms with van der Waals surface area (Å²) >= 11 is 0.